The van der Waals surface area contributed by atoms with Crippen molar-refractivity contribution in [2.24, 2.45) is 0 Å². The Morgan fingerprint density at radius 1 is 1.26 bits per heavy atom. The highest BCUT2D eigenvalue weighted by Crippen LogP contribution is 2.32. The van der Waals surface area contributed by atoms with Crippen molar-refractivity contribution in [1.29, 1.82) is 0 Å². The van der Waals surface area contributed by atoms with E-state index in [1.54, 1.807) is 37.2 Å². The second-order valence-electron chi connectivity index (χ2n) is 4.39. The molecule has 0 fully saturated rings. The number of ketones is 1. The van der Waals surface area contributed by atoms with Gasteiger partial charge in [-0.2, -0.15) is 0 Å². The zero-order valence-electron chi connectivity index (χ0n) is 10.8. The second-order valence-corrected chi connectivity index (χ2v) is 4.39. The highest BCUT2D eigenvalue weighted by molar-refractivity contribution is 5.98. The molecule has 1 aromatic carbocycles. The molecular weight excluding hydrogens is 250 g/mol. The van der Waals surface area contributed by atoms with Gasteiger partial charge in [0.05, 0.1) is 6.54 Å². The number of hydrogen-bond acceptors (Lipinski definition) is 6. The largest absolute Gasteiger partial charge is 0.456 e. The van der Waals surface area contributed by atoms with Crippen molar-refractivity contribution < 1.29 is 23.8 Å². The minimum Gasteiger partial charge on any atom is -0.456 e. The monoisotopic (exact) mass is 265 g/mol. The van der Waals surface area contributed by atoms with Crippen LogP contribution in [0.4, 0.5) is 0 Å². The van der Waals surface area contributed by atoms with Crippen LogP contribution in [0.3, 0.4) is 0 Å². The first-order valence-electron chi connectivity index (χ1n) is 5.79. The van der Waals surface area contributed by atoms with Crippen LogP contribution < -0.4 is 9.47 Å². The van der Waals surface area contributed by atoms with E-state index in [1.165, 1.54) is 0 Å². The summed E-state index contributed by atoms with van der Waals surface area (Å²) in [6.07, 6.45) is 0. The predicted octanol–water partition coefficient (Wildman–Crippen LogP) is 0.703. The molecule has 0 N–H and O–H groups in total. The Morgan fingerprint density at radius 3 is 2.74 bits per heavy atom. The van der Waals surface area contributed by atoms with Crippen LogP contribution in [-0.4, -0.2) is 50.7 Å². The smallest absolute Gasteiger partial charge is 0.320 e. The van der Waals surface area contributed by atoms with Crippen LogP contribution in [0.25, 0.3) is 0 Å². The molecule has 0 amide bonds. The van der Waals surface area contributed by atoms with E-state index in [0.717, 1.165) is 0 Å². The minimum atomic E-state index is -0.431. The zero-order valence-corrected chi connectivity index (χ0v) is 10.8. The van der Waals surface area contributed by atoms with E-state index in [9.17, 15) is 9.59 Å². The summed E-state index contributed by atoms with van der Waals surface area (Å²) >= 11 is 0. The Kier molecular flexibility index (Phi) is 4.01. The molecule has 0 bridgehead atoms. The molecule has 1 aliphatic rings. The normalized spacial score (nSPS) is 12.6. The third kappa shape index (κ3) is 3.45. The van der Waals surface area contributed by atoms with E-state index in [0.29, 0.717) is 17.1 Å². The molecule has 2 rings (SSSR count). The Bertz CT molecular complexity index is 498. The van der Waals surface area contributed by atoms with Crippen molar-refractivity contribution in [2.45, 2.75) is 0 Å². The summed E-state index contributed by atoms with van der Waals surface area (Å²) in [6.45, 7) is 0.0333. The van der Waals surface area contributed by atoms with E-state index in [-0.39, 0.29) is 25.7 Å². The molecule has 19 heavy (non-hydrogen) atoms. The lowest BCUT2D eigenvalue weighted by Crippen LogP contribution is -2.25. The van der Waals surface area contributed by atoms with Gasteiger partial charge in [-0.05, 0) is 32.3 Å². The fraction of sp³-hybridized carbons (Fsp3) is 0.385. The van der Waals surface area contributed by atoms with Crippen molar-refractivity contribution in [3.05, 3.63) is 23.8 Å². The first-order chi connectivity index (χ1) is 9.06. The third-order valence-electron chi connectivity index (χ3n) is 2.50. The lowest BCUT2D eigenvalue weighted by Gasteiger charge is -2.09. The quantitative estimate of drug-likeness (QED) is 0.577. The van der Waals surface area contributed by atoms with Crippen LogP contribution in [0, 0.1) is 0 Å². The average Bonchev–Trinajstić information content (AvgIpc) is 2.82. The molecule has 1 aromatic rings. The zero-order chi connectivity index (χ0) is 13.8. The van der Waals surface area contributed by atoms with Gasteiger partial charge in [0.25, 0.3) is 0 Å². The predicted molar refractivity (Wildman–Crippen MR) is 66.4 cm³/mol. The maximum atomic E-state index is 11.8. The third-order valence-corrected chi connectivity index (χ3v) is 2.50. The van der Waals surface area contributed by atoms with Gasteiger partial charge in [0, 0.05) is 5.56 Å². The van der Waals surface area contributed by atoms with E-state index < -0.39 is 5.97 Å². The molecule has 0 aliphatic carbocycles. The number of nitrogens with zero attached hydrogens (tertiary/aromatic N) is 1. The minimum absolute atomic E-state index is 0.147. The molecule has 0 radical (unpaired) electrons. The molecular formula is C13H15NO5. The molecule has 0 spiro atoms. The van der Waals surface area contributed by atoms with Gasteiger partial charge in [-0.25, -0.2) is 0 Å². The number of likely N-dealkylation sites (N-methyl/N-ethyl adjacent to an activating group) is 1. The summed E-state index contributed by atoms with van der Waals surface area (Å²) in [4.78, 5) is 24.8. The molecule has 6 heteroatoms. The Hall–Kier alpha value is -2.08. The first-order valence-corrected chi connectivity index (χ1v) is 5.79. The summed E-state index contributed by atoms with van der Waals surface area (Å²) < 4.78 is 15.2. The van der Waals surface area contributed by atoms with Crippen LogP contribution in [-0.2, 0) is 9.53 Å². The van der Waals surface area contributed by atoms with Crippen molar-refractivity contribution in [2.75, 3.05) is 34.0 Å². The summed E-state index contributed by atoms with van der Waals surface area (Å²) in [7, 11) is 3.50. The number of carbonyl (C=O) groups excluding carboxylic acids is 2. The van der Waals surface area contributed by atoms with E-state index in [2.05, 4.69) is 0 Å². The molecule has 1 heterocycles. The number of benzene rings is 1. The molecule has 0 aromatic heterocycles. The Balaban J connectivity index is 1.91. The van der Waals surface area contributed by atoms with Crippen LogP contribution >= 0.6 is 0 Å². The Labute approximate surface area is 110 Å². The van der Waals surface area contributed by atoms with Gasteiger partial charge >= 0.3 is 5.97 Å². The van der Waals surface area contributed by atoms with E-state index >= 15 is 0 Å². The van der Waals surface area contributed by atoms with Crippen LogP contribution in [0.15, 0.2) is 18.2 Å². The van der Waals surface area contributed by atoms with E-state index in [1.807, 2.05) is 0 Å². The number of Topliss-reactive ketones (excluding diaryl/α,β-unsaturated/α-hetero) is 1. The number of fused-ring (bicyclic) bond motifs is 1. The van der Waals surface area contributed by atoms with Crippen LogP contribution in [0.5, 0.6) is 11.5 Å². The number of ether oxygens (including phenoxy) is 3. The van der Waals surface area contributed by atoms with E-state index in [4.69, 9.17) is 14.2 Å². The van der Waals surface area contributed by atoms with Gasteiger partial charge in [0.1, 0.15) is 0 Å². The highest BCUT2D eigenvalue weighted by Gasteiger charge is 2.17. The fourth-order valence-electron chi connectivity index (χ4n) is 1.60. The van der Waals surface area contributed by atoms with Gasteiger partial charge in [-0.3, -0.25) is 14.5 Å². The summed E-state index contributed by atoms with van der Waals surface area (Å²) in [6, 6.07) is 4.87. The molecule has 0 unspecified atom stereocenters. The van der Waals surface area contributed by atoms with Gasteiger partial charge in [0.15, 0.2) is 23.9 Å². The molecule has 6 nitrogen and oxygen atoms in total. The Morgan fingerprint density at radius 2 is 2.00 bits per heavy atom. The number of hydrogen-bond donors (Lipinski definition) is 0. The number of carbonyl (C=O) groups is 2. The SMILES string of the molecule is CN(C)CC(=O)OCC(=O)c1ccc2c(c1)OCO2. The maximum Gasteiger partial charge on any atom is 0.320 e. The molecule has 0 saturated carbocycles. The van der Waals surface area contributed by atoms with Crippen molar-refractivity contribution in [3.63, 3.8) is 0 Å². The molecule has 102 valence electrons. The number of rotatable bonds is 5. The summed E-state index contributed by atoms with van der Waals surface area (Å²) in [5.74, 6) is 0.441. The second kappa shape index (κ2) is 5.71. The molecule has 0 atom stereocenters. The lowest BCUT2D eigenvalue weighted by molar-refractivity contribution is -0.143. The van der Waals surface area contributed by atoms with Crippen molar-refractivity contribution in [1.82, 2.24) is 4.90 Å². The van der Waals surface area contributed by atoms with Gasteiger partial charge in [-0.1, -0.05) is 0 Å². The fourth-order valence-corrected chi connectivity index (χ4v) is 1.60. The summed E-state index contributed by atoms with van der Waals surface area (Å²) in [5, 5.41) is 0. The standard InChI is InChI=1S/C13H15NO5/c1-14(2)6-13(16)17-7-10(15)9-3-4-11-12(5-9)19-8-18-11/h3-5H,6-8H2,1-2H3. The lowest BCUT2D eigenvalue weighted by atomic mass is 10.1. The summed E-state index contributed by atoms with van der Waals surface area (Å²) in [5.41, 5.74) is 0.432. The van der Waals surface area contributed by atoms with Crippen LogP contribution in [0.1, 0.15) is 10.4 Å². The first kappa shape index (κ1) is 13.4. The van der Waals surface area contributed by atoms with Gasteiger partial charge < -0.3 is 14.2 Å². The maximum absolute atomic E-state index is 11.8. The molecule has 0 saturated heterocycles. The van der Waals surface area contributed by atoms with Gasteiger partial charge in [0.2, 0.25) is 6.79 Å². The number of esters is 1. The topological polar surface area (TPSA) is 65.1 Å². The van der Waals surface area contributed by atoms with Crippen molar-refractivity contribution in [3.8, 4) is 11.5 Å². The van der Waals surface area contributed by atoms with Gasteiger partial charge in [-0.15, -0.1) is 0 Å². The molecule has 1 aliphatic heterocycles. The van der Waals surface area contributed by atoms with Crippen molar-refractivity contribution >= 4 is 11.8 Å². The highest BCUT2D eigenvalue weighted by atomic mass is 16.7. The average molecular weight is 265 g/mol. The van der Waals surface area contributed by atoms with Crippen LogP contribution in [0.2, 0.25) is 0 Å².